The summed E-state index contributed by atoms with van der Waals surface area (Å²) >= 11 is 6.11. The van der Waals surface area contributed by atoms with Crippen LogP contribution in [0.4, 0.5) is 14.5 Å². The topological polar surface area (TPSA) is 70.8 Å². The molecule has 30 heavy (non-hydrogen) atoms. The number of fused-ring (bicyclic) bond motifs is 1. The normalized spacial score (nSPS) is 16.5. The number of hydrogen-bond donors (Lipinski definition) is 2. The molecule has 8 heteroatoms. The van der Waals surface area contributed by atoms with E-state index in [9.17, 15) is 8.78 Å². The van der Waals surface area contributed by atoms with Gasteiger partial charge in [-0.05, 0) is 42.3 Å². The van der Waals surface area contributed by atoms with Gasteiger partial charge in [-0.1, -0.05) is 17.7 Å². The first-order valence-corrected chi connectivity index (χ1v) is 9.97. The fraction of sp³-hybridized carbons (Fsp3) is 0.182. The van der Waals surface area contributed by atoms with Gasteiger partial charge < -0.3 is 15.6 Å². The van der Waals surface area contributed by atoms with Crippen molar-refractivity contribution in [3.05, 3.63) is 65.4 Å². The number of pyridine rings is 1. The van der Waals surface area contributed by atoms with Crippen molar-refractivity contribution < 1.29 is 8.78 Å². The van der Waals surface area contributed by atoms with Crippen LogP contribution in [0.5, 0.6) is 0 Å². The molecule has 1 fully saturated rings. The number of para-hydroxylation sites is 1. The molecule has 0 radical (unpaired) electrons. The lowest BCUT2D eigenvalue weighted by molar-refractivity contribution is 0.628. The predicted octanol–water partition coefficient (Wildman–Crippen LogP) is 4.76. The Labute approximate surface area is 176 Å². The van der Waals surface area contributed by atoms with E-state index >= 15 is 0 Å². The monoisotopic (exact) mass is 425 g/mol. The van der Waals surface area contributed by atoms with Gasteiger partial charge in [-0.25, -0.2) is 13.8 Å². The maximum Gasteiger partial charge on any atom is 0.151 e. The molecule has 4 aromatic rings. The number of H-pyrrole nitrogens is 1. The third-order valence-electron chi connectivity index (χ3n) is 5.35. The van der Waals surface area contributed by atoms with E-state index in [1.165, 1.54) is 18.2 Å². The molecule has 3 heterocycles. The summed E-state index contributed by atoms with van der Waals surface area (Å²) in [6, 6.07) is 9.18. The van der Waals surface area contributed by atoms with Crippen LogP contribution >= 0.6 is 11.6 Å². The Kier molecular flexibility index (Phi) is 4.64. The van der Waals surface area contributed by atoms with E-state index in [-0.39, 0.29) is 11.6 Å². The minimum Gasteiger partial charge on any atom is -0.369 e. The molecule has 5 rings (SSSR count). The van der Waals surface area contributed by atoms with Gasteiger partial charge in [0, 0.05) is 42.1 Å². The molecule has 0 amide bonds. The van der Waals surface area contributed by atoms with Crippen molar-refractivity contribution in [2.45, 2.75) is 12.5 Å². The molecule has 0 saturated carbocycles. The van der Waals surface area contributed by atoms with Crippen molar-refractivity contribution in [1.82, 2.24) is 15.0 Å². The zero-order valence-electron chi connectivity index (χ0n) is 15.9. The Morgan fingerprint density at radius 3 is 2.70 bits per heavy atom. The van der Waals surface area contributed by atoms with Crippen molar-refractivity contribution in [2.24, 2.45) is 5.73 Å². The number of halogens is 3. The van der Waals surface area contributed by atoms with E-state index in [2.05, 4.69) is 19.9 Å². The van der Waals surface area contributed by atoms with E-state index in [1.807, 2.05) is 0 Å². The van der Waals surface area contributed by atoms with Crippen LogP contribution in [0.25, 0.3) is 33.5 Å². The Bertz CT molecular complexity index is 1240. The predicted molar refractivity (Wildman–Crippen MR) is 114 cm³/mol. The Morgan fingerprint density at radius 2 is 1.97 bits per heavy atom. The number of anilines is 1. The fourth-order valence-electron chi connectivity index (χ4n) is 4.00. The van der Waals surface area contributed by atoms with Crippen molar-refractivity contribution in [3.63, 3.8) is 0 Å². The van der Waals surface area contributed by atoms with Gasteiger partial charge in [-0.15, -0.1) is 0 Å². The van der Waals surface area contributed by atoms with Crippen molar-refractivity contribution >= 4 is 28.3 Å². The lowest BCUT2D eigenvalue weighted by Gasteiger charge is -2.24. The van der Waals surface area contributed by atoms with Crippen LogP contribution in [0.15, 0.2) is 48.8 Å². The van der Waals surface area contributed by atoms with Gasteiger partial charge in [0.25, 0.3) is 0 Å². The number of nitrogens with one attached hydrogen (secondary N) is 1. The summed E-state index contributed by atoms with van der Waals surface area (Å²) < 4.78 is 28.3. The maximum absolute atomic E-state index is 14.2. The van der Waals surface area contributed by atoms with Gasteiger partial charge in [0.05, 0.1) is 16.8 Å². The van der Waals surface area contributed by atoms with E-state index in [0.29, 0.717) is 39.6 Å². The number of aromatic amines is 1. The van der Waals surface area contributed by atoms with Crippen molar-refractivity contribution in [2.75, 3.05) is 18.0 Å². The van der Waals surface area contributed by atoms with Crippen molar-refractivity contribution in [1.29, 1.82) is 0 Å². The average Bonchev–Trinajstić information content (AvgIpc) is 3.34. The molecule has 2 aromatic heterocycles. The molecule has 0 aliphatic carbocycles. The molecular weight excluding hydrogens is 408 g/mol. The second kappa shape index (κ2) is 7.34. The first-order chi connectivity index (χ1) is 14.5. The minimum atomic E-state index is -0.433. The lowest BCUT2D eigenvalue weighted by atomic mass is 10.0. The number of benzene rings is 2. The highest BCUT2D eigenvalue weighted by Gasteiger charge is 2.26. The Hall–Kier alpha value is -3.03. The summed E-state index contributed by atoms with van der Waals surface area (Å²) in [4.78, 5) is 14.2. The van der Waals surface area contributed by atoms with E-state index in [0.717, 1.165) is 18.7 Å². The van der Waals surface area contributed by atoms with Gasteiger partial charge in [-0.2, -0.15) is 0 Å². The summed E-state index contributed by atoms with van der Waals surface area (Å²) in [5, 5.41) is 0.297. The molecule has 1 saturated heterocycles. The van der Waals surface area contributed by atoms with Gasteiger partial charge in [0.1, 0.15) is 17.2 Å². The lowest BCUT2D eigenvalue weighted by Crippen LogP contribution is -2.27. The Balaban J connectivity index is 1.75. The molecule has 0 spiro atoms. The summed E-state index contributed by atoms with van der Waals surface area (Å²) in [7, 11) is 0. The molecule has 152 valence electrons. The van der Waals surface area contributed by atoms with Crippen LogP contribution in [-0.4, -0.2) is 34.1 Å². The summed E-state index contributed by atoms with van der Waals surface area (Å²) in [5.74, 6) is -0.346. The van der Waals surface area contributed by atoms with Gasteiger partial charge in [-0.3, -0.25) is 4.98 Å². The van der Waals surface area contributed by atoms with Gasteiger partial charge in [0.15, 0.2) is 5.82 Å². The van der Waals surface area contributed by atoms with Crippen LogP contribution < -0.4 is 10.6 Å². The molecule has 0 unspecified atom stereocenters. The van der Waals surface area contributed by atoms with Crippen LogP contribution in [-0.2, 0) is 0 Å². The number of hydrogen-bond acceptors (Lipinski definition) is 4. The van der Waals surface area contributed by atoms with E-state index in [1.54, 1.807) is 30.6 Å². The second-order valence-corrected chi connectivity index (χ2v) is 7.89. The average molecular weight is 426 g/mol. The zero-order chi connectivity index (χ0) is 20.8. The van der Waals surface area contributed by atoms with Crippen LogP contribution in [0.3, 0.4) is 0 Å². The van der Waals surface area contributed by atoms with Crippen LogP contribution in [0.1, 0.15) is 6.42 Å². The zero-order valence-corrected chi connectivity index (χ0v) is 16.6. The Morgan fingerprint density at radius 1 is 1.13 bits per heavy atom. The third kappa shape index (κ3) is 3.30. The first-order valence-electron chi connectivity index (χ1n) is 9.59. The molecule has 1 atom stereocenters. The minimum absolute atomic E-state index is 0.0306. The van der Waals surface area contributed by atoms with Gasteiger partial charge in [0.2, 0.25) is 0 Å². The standard InChI is InChI=1S/C22H18ClF2N5/c23-13-6-12(7-14(24)8-13)16-9-27-10-17(21(16)30-5-4-15(26)11-30)22-28-19-3-1-2-18(25)20(19)29-22/h1-3,6-10,15H,4-5,11,26H2,(H,28,29)/t15-/m0/s1. The van der Waals surface area contributed by atoms with E-state index in [4.69, 9.17) is 17.3 Å². The van der Waals surface area contributed by atoms with Crippen LogP contribution in [0, 0.1) is 11.6 Å². The highest BCUT2D eigenvalue weighted by molar-refractivity contribution is 6.30. The highest BCUT2D eigenvalue weighted by Crippen LogP contribution is 2.40. The number of rotatable bonds is 3. The molecule has 2 aromatic carbocycles. The van der Waals surface area contributed by atoms with E-state index < -0.39 is 11.6 Å². The van der Waals surface area contributed by atoms with Gasteiger partial charge >= 0.3 is 0 Å². The highest BCUT2D eigenvalue weighted by atomic mass is 35.5. The molecular formula is C22H18ClF2N5. The smallest absolute Gasteiger partial charge is 0.151 e. The SMILES string of the molecule is N[C@H]1CCN(c2c(-c3cc(F)cc(Cl)c3)cncc2-c2nc3c(F)cccc3[nH]2)C1. The second-order valence-electron chi connectivity index (χ2n) is 7.46. The molecule has 3 N–H and O–H groups in total. The molecule has 1 aliphatic heterocycles. The van der Waals surface area contributed by atoms with Crippen molar-refractivity contribution in [3.8, 4) is 22.5 Å². The number of aromatic nitrogens is 3. The molecule has 5 nitrogen and oxygen atoms in total. The summed E-state index contributed by atoms with van der Waals surface area (Å²) in [6.07, 6.45) is 4.19. The largest absolute Gasteiger partial charge is 0.369 e. The van der Waals surface area contributed by atoms with Crippen LogP contribution in [0.2, 0.25) is 5.02 Å². The number of imidazole rings is 1. The summed E-state index contributed by atoms with van der Waals surface area (Å²) in [5.41, 5.74) is 9.84. The maximum atomic E-state index is 14.2. The molecule has 0 bridgehead atoms. The third-order valence-corrected chi connectivity index (χ3v) is 5.57. The quantitative estimate of drug-likeness (QED) is 0.496. The molecule has 1 aliphatic rings. The first kappa shape index (κ1) is 19.0. The summed E-state index contributed by atoms with van der Waals surface area (Å²) in [6.45, 7) is 1.38. The fourth-order valence-corrected chi connectivity index (χ4v) is 4.23. The number of nitrogens with two attached hydrogens (primary N) is 1. The number of nitrogens with zero attached hydrogens (tertiary/aromatic N) is 3.